The molecule has 6 nitrogen and oxygen atoms in total. The summed E-state index contributed by atoms with van der Waals surface area (Å²) in [6, 6.07) is 6.90. The van der Waals surface area contributed by atoms with Gasteiger partial charge in [-0.2, -0.15) is 0 Å². The molecule has 1 fully saturated rings. The fourth-order valence-electron chi connectivity index (χ4n) is 4.01. The van der Waals surface area contributed by atoms with Gasteiger partial charge in [-0.05, 0) is 29.4 Å². The van der Waals surface area contributed by atoms with Crippen LogP contribution in [-0.4, -0.2) is 51.4 Å². The van der Waals surface area contributed by atoms with Crippen molar-refractivity contribution in [2.24, 2.45) is 11.1 Å². The first-order valence-corrected chi connectivity index (χ1v) is 11.6. The molecule has 1 aliphatic heterocycles. The summed E-state index contributed by atoms with van der Waals surface area (Å²) in [7, 11) is 0. The highest BCUT2D eigenvalue weighted by molar-refractivity contribution is 7.13. The number of aromatic nitrogens is 1. The molecule has 3 rings (SSSR count). The molecular weight excluding hydrogens is 410 g/mol. The molecule has 0 bridgehead atoms. The van der Waals surface area contributed by atoms with Gasteiger partial charge < -0.3 is 15.7 Å². The third-order valence-electron chi connectivity index (χ3n) is 6.13. The van der Waals surface area contributed by atoms with Crippen LogP contribution < -0.4 is 5.73 Å². The van der Waals surface area contributed by atoms with Crippen LogP contribution in [0.1, 0.15) is 57.7 Å². The molecule has 1 aromatic heterocycles. The van der Waals surface area contributed by atoms with E-state index in [0.717, 1.165) is 21.7 Å². The highest BCUT2D eigenvalue weighted by atomic mass is 32.1. The number of thiazole rings is 1. The van der Waals surface area contributed by atoms with Crippen LogP contribution in [0.3, 0.4) is 0 Å². The third kappa shape index (κ3) is 5.22. The van der Waals surface area contributed by atoms with Crippen molar-refractivity contribution >= 4 is 23.0 Å². The molecule has 7 heteroatoms. The largest absolute Gasteiger partial charge is 0.391 e. The molecule has 2 aromatic rings. The second kappa shape index (κ2) is 9.18. The lowest BCUT2D eigenvalue weighted by atomic mass is 9.86. The van der Waals surface area contributed by atoms with Crippen LogP contribution in [0, 0.1) is 12.3 Å². The SMILES string of the molecule is Cc1ncsc1-c1ccc([C@H](C)CC(=O)[C@@H]2C[C@@H](O)CN2C(=O)[C@@H](N)C(C)(C)C)cc1. The number of benzene rings is 1. The van der Waals surface area contributed by atoms with Crippen LogP contribution in [0.25, 0.3) is 10.4 Å². The van der Waals surface area contributed by atoms with Crippen molar-refractivity contribution in [3.63, 3.8) is 0 Å². The van der Waals surface area contributed by atoms with E-state index in [0.29, 0.717) is 6.42 Å². The number of nitrogens with zero attached hydrogens (tertiary/aromatic N) is 2. The van der Waals surface area contributed by atoms with E-state index in [-0.39, 0.29) is 30.6 Å². The number of rotatable bonds is 6. The van der Waals surface area contributed by atoms with E-state index in [4.69, 9.17) is 5.73 Å². The predicted molar refractivity (Wildman–Crippen MR) is 124 cm³/mol. The Hall–Kier alpha value is -2.09. The third-order valence-corrected chi connectivity index (χ3v) is 7.11. The summed E-state index contributed by atoms with van der Waals surface area (Å²) >= 11 is 1.61. The van der Waals surface area contributed by atoms with Crippen LogP contribution in [-0.2, 0) is 9.59 Å². The molecule has 2 heterocycles. The van der Waals surface area contributed by atoms with Gasteiger partial charge in [0.2, 0.25) is 5.91 Å². The van der Waals surface area contributed by atoms with Gasteiger partial charge in [0.25, 0.3) is 0 Å². The summed E-state index contributed by atoms with van der Waals surface area (Å²) in [5.41, 5.74) is 10.8. The maximum absolute atomic E-state index is 13.1. The van der Waals surface area contributed by atoms with Gasteiger partial charge in [-0.3, -0.25) is 9.59 Å². The lowest BCUT2D eigenvalue weighted by Gasteiger charge is -2.32. The Balaban J connectivity index is 1.69. The molecule has 168 valence electrons. The van der Waals surface area contributed by atoms with E-state index in [9.17, 15) is 14.7 Å². The molecule has 0 radical (unpaired) electrons. The van der Waals surface area contributed by atoms with Crippen molar-refractivity contribution in [1.29, 1.82) is 0 Å². The van der Waals surface area contributed by atoms with Crippen molar-refractivity contribution in [3.8, 4) is 10.4 Å². The number of nitrogens with two attached hydrogens (primary N) is 1. The van der Waals surface area contributed by atoms with E-state index in [1.807, 2.05) is 52.3 Å². The minimum Gasteiger partial charge on any atom is -0.391 e. The van der Waals surface area contributed by atoms with Gasteiger partial charge in [0.1, 0.15) is 0 Å². The van der Waals surface area contributed by atoms with Gasteiger partial charge in [-0.15, -0.1) is 11.3 Å². The Morgan fingerprint density at radius 3 is 2.48 bits per heavy atom. The molecule has 1 saturated heterocycles. The van der Waals surface area contributed by atoms with Gasteiger partial charge in [0.05, 0.1) is 34.3 Å². The molecule has 1 amide bonds. The highest BCUT2D eigenvalue weighted by Gasteiger charge is 2.42. The number of hydrogen-bond acceptors (Lipinski definition) is 6. The normalized spacial score (nSPS) is 21.2. The number of carbonyl (C=O) groups is 2. The number of carbonyl (C=O) groups excluding carboxylic acids is 2. The molecule has 0 aliphatic carbocycles. The fourth-order valence-corrected chi connectivity index (χ4v) is 4.82. The number of likely N-dealkylation sites (tertiary alicyclic amines) is 1. The van der Waals surface area contributed by atoms with E-state index in [1.54, 1.807) is 11.3 Å². The first kappa shape index (κ1) is 23.6. The summed E-state index contributed by atoms with van der Waals surface area (Å²) in [5.74, 6) is -0.282. The zero-order valence-electron chi connectivity index (χ0n) is 19.0. The van der Waals surface area contributed by atoms with Crippen molar-refractivity contribution < 1.29 is 14.7 Å². The number of amides is 1. The zero-order valence-corrected chi connectivity index (χ0v) is 19.8. The highest BCUT2D eigenvalue weighted by Crippen LogP contribution is 2.31. The Labute approximate surface area is 188 Å². The molecule has 0 saturated carbocycles. The van der Waals surface area contributed by atoms with E-state index in [2.05, 4.69) is 17.1 Å². The van der Waals surface area contributed by atoms with Crippen LogP contribution >= 0.6 is 11.3 Å². The molecule has 1 aromatic carbocycles. The number of aliphatic hydroxyl groups is 1. The maximum Gasteiger partial charge on any atom is 0.240 e. The summed E-state index contributed by atoms with van der Waals surface area (Å²) in [4.78, 5) is 33.0. The molecule has 0 spiro atoms. The second-order valence-corrected chi connectivity index (χ2v) is 10.6. The molecule has 3 N–H and O–H groups in total. The van der Waals surface area contributed by atoms with Gasteiger partial charge in [-0.25, -0.2) is 4.98 Å². The number of aliphatic hydroxyl groups excluding tert-OH is 1. The van der Waals surface area contributed by atoms with E-state index in [1.165, 1.54) is 4.90 Å². The van der Waals surface area contributed by atoms with E-state index >= 15 is 0 Å². The maximum atomic E-state index is 13.1. The van der Waals surface area contributed by atoms with Gasteiger partial charge >= 0.3 is 0 Å². The Kier molecular flexibility index (Phi) is 6.98. The number of Topliss-reactive ketones (excluding diaryl/α,β-unsaturated/α-hetero) is 1. The van der Waals surface area contributed by atoms with Crippen LogP contribution in [0.15, 0.2) is 29.8 Å². The van der Waals surface area contributed by atoms with E-state index < -0.39 is 23.6 Å². The predicted octanol–water partition coefficient (Wildman–Crippen LogP) is 3.52. The molecular formula is C24H33N3O3S. The zero-order chi connectivity index (χ0) is 22.9. The molecule has 0 unspecified atom stereocenters. The number of ketones is 1. The van der Waals surface area contributed by atoms with Crippen molar-refractivity contribution in [1.82, 2.24) is 9.88 Å². The lowest BCUT2D eigenvalue weighted by molar-refractivity contribution is -0.140. The molecule has 1 aliphatic rings. The summed E-state index contributed by atoms with van der Waals surface area (Å²) in [6.07, 6.45) is -0.106. The number of β-amino-alcohol motifs (C(OH)–C–C–N with tert-alkyl or cyclic N) is 1. The Bertz CT molecular complexity index is 932. The van der Waals surface area contributed by atoms with Gasteiger partial charge in [-0.1, -0.05) is 52.0 Å². The number of aryl methyl sites for hydroxylation is 1. The topological polar surface area (TPSA) is 96.5 Å². The van der Waals surface area contributed by atoms with Crippen LogP contribution in [0.5, 0.6) is 0 Å². The average Bonchev–Trinajstić information content (AvgIpc) is 3.31. The lowest BCUT2D eigenvalue weighted by Crippen LogP contribution is -2.53. The minimum atomic E-state index is -0.715. The van der Waals surface area contributed by atoms with Gasteiger partial charge in [0, 0.05) is 19.4 Å². The Morgan fingerprint density at radius 2 is 1.94 bits per heavy atom. The second-order valence-electron chi connectivity index (χ2n) is 9.70. The summed E-state index contributed by atoms with van der Waals surface area (Å²) < 4.78 is 0. The van der Waals surface area contributed by atoms with Crippen molar-refractivity contribution in [2.45, 2.75) is 71.6 Å². The van der Waals surface area contributed by atoms with Crippen LogP contribution in [0.4, 0.5) is 0 Å². The quantitative estimate of drug-likeness (QED) is 0.712. The number of hydrogen-bond donors (Lipinski definition) is 2. The summed E-state index contributed by atoms with van der Waals surface area (Å²) in [5, 5.41) is 10.2. The average molecular weight is 444 g/mol. The van der Waals surface area contributed by atoms with Crippen LogP contribution in [0.2, 0.25) is 0 Å². The molecule has 31 heavy (non-hydrogen) atoms. The smallest absolute Gasteiger partial charge is 0.240 e. The van der Waals surface area contributed by atoms with Crippen molar-refractivity contribution in [3.05, 3.63) is 41.0 Å². The fraction of sp³-hybridized carbons (Fsp3) is 0.542. The standard InChI is InChI=1S/C24H33N3O3S/c1-14(16-6-8-17(9-7-16)21-15(2)26-13-31-21)10-20(29)19-11-18(28)12-27(19)23(30)22(25)24(3,4)5/h6-9,13-14,18-19,22,28H,10-12,25H2,1-5H3/t14-,18-,19+,22-/m1/s1. The first-order chi connectivity index (χ1) is 14.5. The first-order valence-electron chi connectivity index (χ1n) is 10.8. The Morgan fingerprint density at radius 1 is 1.29 bits per heavy atom. The van der Waals surface area contributed by atoms with Gasteiger partial charge in [0.15, 0.2) is 5.78 Å². The van der Waals surface area contributed by atoms with Crippen molar-refractivity contribution in [2.75, 3.05) is 6.54 Å². The monoisotopic (exact) mass is 443 g/mol. The molecule has 4 atom stereocenters. The summed E-state index contributed by atoms with van der Waals surface area (Å²) in [6.45, 7) is 9.88. The minimum absolute atomic E-state index is 0.00934.